The molecule has 1 aromatic heterocycles. The highest BCUT2D eigenvalue weighted by Crippen LogP contribution is 2.24. The number of rotatable bonds is 10. The minimum Gasteiger partial charge on any atom is -0.494 e. The molecule has 0 bridgehead atoms. The third-order valence-electron chi connectivity index (χ3n) is 6.70. The normalized spacial score (nSPS) is 14.9. The van der Waals surface area contributed by atoms with Gasteiger partial charge in [-0.1, -0.05) is 26.0 Å². The summed E-state index contributed by atoms with van der Waals surface area (Å²) in [7, 11) is 0. The van der Waals surface area contributed by atoms with E-state index in [4.69, 9.17) is 9.84 Å². The van der Waals surface area contributed by atoms with Crippen molar-refractivity contribution in [3.8, 4) is 5.75 Å². The van der Waals surface area contributed by atoms with Gasteiger partial charge in [-0.15, -0.1) is 0 Å². The summed E-state index contributed by atoms with van der Waals surface area (Å²) in [6, 6.07) is 8.49. The van der Waals surface area contributed by atoms with Crippen molar-refractivity contribution in [2.45, 2.75) is 79.7 Å². The number of benzene rings is 1. The lowest BCUT2D eigenvalue weighted by Gasteiger charge is -2.32. The number of likely N-dealkylation sites (tertiary alicyclic amines) is 1. The van der Waals surface area contributed by atoms with Gasteiger partial charge in [0.15, 0.2) is 0 Å². The van der Waals surface area contributed by atoms with Crippen molar-refractivity contribution in [1.82, 2.24) is 14.7 Å². The molecule has 1 amide bonds. The largest absolute Gasteiger partial charge is 0.494 e. The maximum atomic E-state index is 12.8. The van der Waals surface area contributed by atoms with E-state index < -0.39 is 0 Å². The van der Waals surface area contributed by atoms with E-state index in [1.165, 1.54) is 23.2 Å². The van der Waals surface area contributed by atoms with Gasteiger partial charge in [0.25, 0.3) is 0 Å². The zero-order chi connectivity index (χ0) is 23.1. The SMILES string of the molecule is CCOc1ccc(CCC2CCN(C(=O)CCc3c(C)nn(CC(C)C)c3C)CC2)cc1. The lowest BCUT2D eigenvalue weighted by Crippen LogP contribution is -2.38. The van der Waals surface area contributed by atoms with Gasteiger partial charge in [0.2, 0.25) is 5.91 Å². The number of carbonyl (C=O) groups is 1. The predicted molar refractivity (Wildman–Crippen MR) is 130 cm³/mol. The summed E-state index contributed by atoms with van der Waals surface area (Å²) in [6.45, 7) is 14.1. The van der Waals surface area contributed by atoms with Crippen molar-refractivity contribution in [2.75, 3.05) is 19.7 Å². The maximum absolute atomic E-state index is 12.8. The van der Waals surface area contributed by atoms with Crippen LogP contribution in [-0.2, 0) is 24.2 Å². The van der Waals surface area contributed by atoms with Gasteiger partial charge in [-0.25, -0.2) is 0 Å². The molecule has 0 unspecified atom stereocenters. The number of piperidine rings is 1. The van der Waals surface area contributed by atoms with Crippen LogP contribution in [0.25, 0.3) is 0 Å². The topological polar surface area (TPSA) is 47.4 Å². The van der Waals surface area contributed by atoms with E-state index in [0.29, 0.717) is 30.8 Å². The third-order valence-corrected chi connectivity index (χ3v) is 6.70. The van der Waals surface area contributed by atoms with E-state index in [0.717, 1.165) is 56.8 Å². The smallest absolute Gasteiger partial charge is 0.222 e. The Morgan fingerprint density at radius 3 is 2.44 bits per heavy atom. The first-order valence-electron chi connectivity index (χ1n) is 12.4. The van der Waals surface area contributed by atoms with Gasteiger partial charge in [-0.05, 0) is 88.0 Å². The van der Waals surface area contributed by atoms with Crippen LogP contribution in [0.15, 0.2) is 24.3 Å². The molecule has 1 fully saturated rings. The van der Waals surface area contributed by atoms with E-state index >= 15 is 0 Å². The minimum absolute atomic E-state index is 0.297. The maximum Gasteiger partial charge on any atom is 0.222 e. The standard InChI is InChI=1S/C27H41N3O2/c1-6-32-25-11-9-23(10-12-25)7-8-24-15-17-29(18-16-24)27(31)14-13-26-21(4)28-30(22(26)5)19-20(2)3/h9-12,20,24H,6-8,13-19H2,1-5H3. The van der Waals surface area contributed by atoms with Crippen molar-refractivity contribution < 1.29 is 9.53 Å². The molecule has 3 rings (SSSR count). The minimum atomic E-state index is 0.297. The van der Waals surface area contributed by atoms with Crippen LogP contribution >= 0.6 is 0 Å². The van der Waals surface area contributed by atoms with E-state index in [1.54, 1.807) is 0 Å². The van der Waals surface area contributed by atoms with Crippen LogP contribution in [0.1, 0.15) is 69.0 Å². The Morgan fingerprint density at radius 2 is 1.81 bits per heavy atom. The number of hydrogen-bond donors (Lipinski definition) is 0. The van der Waals surface area contributed by atoms with Crippen LogP contribution in [0, 0.1) is 25.7 Å². The third kappa shape index (κ3) is 6.60. The van der Waals surface area contributed by atoms with Crippen LogP contribution in [0.2, 0.25) is 0 Å². The molecule has 1 aliphatic rings. The molecule has 2 aromatic rings. The molecule has 0 saturated carbocycles. The van der Waals surface area contributed by atoms with E-state index in [2.05, 4.69) is 61.5 Å². The van der Waals surface area contributed by atoms with Crippen LogP contribution in [-0.4, -0.2) is 40.3 Å². The van der Waals surface area contributed by atoms with E-state index in [-0.39, 0.29) is 0 Å². The van der Waals surface area contributed by atoms with Gasteiger partial charge >= 0.3 is 0 Å². The van der Waals surface area contributed by atoms with Crippen molar-refractivity contribution in [3.63, 3.8) is 0 Å². The Kier molecular flexibility index (Phi) is 8.77. The van der Waals surface area contributed by atoms with E-state index in [9.17, 15) is 4.79 Å². The molecule has 0 atom stereocenters. The summed E-state index contributed by atoms with van der Waals surface area (Å²) in [5.74, 6) is 2.52. The van der Waals surface area contributed by atoms with Crippen molar-refractivity contribution in [1.29, 1.82) is 0 Å². The fourth-order valence-corrected chi connectivity index (χ4v) is 4.77. The number of carbonyl (C=O) groups excluding carboxylic acids is 1. The Balaban J connectivity index is 1.41. The monoisotopic (exact) mass is 439 g/mol. The first-order valence-corrected chi connectivity index (χ1v) is 12.4. The van der Waals surface area contributed by atoms with Crippen molar-refractivity contribution >= 4 is 5.91 Å². The van der Waals surface area contributed by atoms with Crippen LogP contribution in [0.5, 0.6) is 5.75 Å². The van der Waals surface area contributed by atoms with Gasteiger partial charge in [0.05, 0.1) is 12.3 Å². The van der Waals surface area contributed by atoms with Crippen LogP contribution < -0.4 is 4.74 Å². The van der Waals surface area contributed by atoms with E-state index in [1.807, 2.05) is 6.92 Å². The lowest BCUT2D eigenvalue weighted by molar-refractivity contribution is -0.132. The quantitative estimate of drug-likeness (QED) is 0.501. The highest BCUT2D eigenvalue weighted by Gasteiger charge is 2.23. The molecule has 5 nitrogen and oxygen atoms in total. The Bertz CT molecular complexity index is 862. The second kappa shape index (κ2) is 11.5. The van der Waals surface area contributed by atoms with Gasteiger partial charge in [0, 0.05) is 31.7 Å². The van der Waals surface area contributed by atoms with Gasteiger partial charge in [-0.2, -0.15) is 5.10 Å². The molecule has 176 valence electrons. The van der Waals surface area contributed by atoms with Gasteiger partial charge in [-0.3, -0.25) is 9.48 Å². The first-order chi connectivity index (χ1) is 15.4. The van der Waals surface area contributed by atoms with Crippen molar-refractivity contribution in [2.24, 2.45) is 11.8 Å². The highest BCUT2D eigenvalue weighted by molar-refractivity contribution is 5.76. The Hall–Kier alpha value is -2.30. The first kappa shape index (κ1) is 24.3. The second-order valence-electron chi connectivity index (χ2n) is 9.67. The highest BCUT2D eigenvalue weighted by atomic mass is 16.5. The number of amides is 1. The zero-order valence-corrected chi connectivity index (χ0v) is 20.7. The van der Waals surface area contributed by atoms with Crippen LogP contribution in [0.4, 0.5) is 0 Å². The Labute approximate surface area is 194 Å². The van der Waals surface area contributed by atoms with Crippen molar-refractivity contribution in [3.05, 3.63) is 46.8 Å². The molecule has 1 aromatic carbocycles. The number of aromatic nitrogens is 2. The molecule has 0 N–H and O–H groups in total. The summed E-state index contributed by atoms with van der Waals surface area (Å²) in [5.41, 5.74) is 4.92. The molecule has 1 saturated heterocycles. The predicted octanol–water partition coefficient (Wildman–Crippen LogP) is 5.36. The zero-order valence-electron chi connectivity index (χ0n) is 20.7. The number of hydrogen-bond acceptors (Lipinski definition) is 3. The average molecular weight is 440 g/mol. The fourth-order valence-electron chi connectivity index (χ4n) is 4.77. The van der Waals surface area contributed by atoms with Gasteiger partial charge in [0.1, 0.15) is 5.75 Å². The van der Waals surface area contributed by atoms with Gasteiger partial charge < -0.3 is 9.64 Å². The number of aryl methyl sites for hydroxylation is 2. The molecule has 2 heterocycles. The summed E-state index contributed by atoms with van der Waals surface area (Å²) in [6.07, 6.45) is 5.92. The summed E-state index contributed by atoms with van der Waals surface area (Å²) >= 11 is 0. The molecule has 1 aliphatic heterocycles. The molecule has 0 spiro atoms. The summed E-state index contributed by atoms with van der Waals surface area (Å²) < 4.78 is 7.63. The number of nitrogens with zero attached hydrogens (tertiary/aromatic N) is 3. The molecular formula is C27H41N3O2. The molecule has 0 aliphatic carbocycles. The van der Waals surface area contributed by atoms with Crippen LogP contribution in [0.3, 0.4) is 0 Å². The summed E-state index contributed by atoms with van der Waals surface area (Å²) in [4.78, 5) is 14.9. The summed E-state index contributed by atoms with van der Waals surface area (Å²) in [5, 5.41) is 4.69. The number of ether oxygens (including phenoxy) is 1. The molecule has 32 heavy (non-hydrogen) atoms. The second-order valence-corrected chi connectivity index (χ2v) is 9.67. The fraction of sp³-hybridized carbons (Fsp3) is 0.630. The Morgan fingerprint density at radius 1 is 1.12 bits per heavy atom. The average Bonchev–Trinajstić information content (AvgIpc) is 3.04. The molecular weight excluding hydrogens is 398 g/mol. The molecule has 0 radical (unpaired) electrons. The lowest BCUT2D eigenvalue weighted by atomic mass is 9.90. The molecule has 5 heteroatoms.